The molecule has 4 aromatic carbocycles. The molecule has 0 spiro atoms. The number of ether oxygens (including phenoxy) is 1. The number of benzene rings is 4. The van der Waals surface area contributed by atoms with Crippen molar-refractivity contribution < 1.29 is 19.1 Å². The molecule has 2 amide bonds. The minimum Gasteiger partial charge on any atom is -0.422 e. The number of rotatable bonds is 7. The van der Waals surface area contributed by atoms with Gasteiger partial charge in [-0.05, 0) is 79.7 Å². The maximum absolute atomic E-state index is 12.5. The third-order valence-corrected chi connectivity index (χ3v) is 5.82. The molecule has 0 aromatic heterocycles. The van der Waals surface area contributed by atoms with E-state index in [1.165, 1.54) is 6.21 Å². The third-order valence-electron chi connectivity index (χ3n) is 5.29. The summed E-state index contributed by atoms with van der Waals surface area (Å²) in [5, 5.41) is 6.79. The predicted octanol–water partition coefficient (Wildman–Crippen LogP) is 5.99. The smallest absolute Gasteiger partial charge is 0.343 e. The molecule has 0 saturated heterocycles. The number of hydrazone groups is 1. The van der Waals surface area contributed by atoms with Crippen molar-refractivity contribution in [3.63, 3.8) is 0 Å². The normalized spacial score (nSPS) is 10.6. The standard InChI is InChI=1S/C29H22BrN3O4/c1-19-6-8-22(9-7-19)29(36)37-26-5-3-2-4-23(26)18-31-33-28(35)21-12-16-25(17-13-21)32-27(34)20-10-14-24(30)15-11-20/h2-18H,1H3,(H,32,34)(H,33,35)/b31-18-. The Kier molecular flexibility index (Phi) is 8.22. The van der Waals surface area contributed by atoms with Gasteiger partial charge in [0.05, 0.1) is 11.8 Å². The van der Waals surface area contributed by atoms with Gasteiger partial charge in [0, 0.05) is 26.9 Å². The lowest BCUT2D eigenvalue weighted by atomic mass is 10.1. The minimum absolute atomic E-state index is 0.254. The highest BCUT2D eigenvalue weighted by Crippen LogP contribution is 2.18. The van der Waals surface area contributed by atoms with Crippen LogP contribution in [0.2, 0.25) is 0 Å². The molecule has 8 heteroatoms. The van der Waals surface area contributed by atoms with Gasteiger partial charge < -0.3 is 10.1 Å². The molecule has 4 rings (SSSR count). The maximum atomic E-state index is 12.5. The zero-order chi connectivity index (χ0) is 26.2. The van der Waals surface area contributed by atoms with Crippen LogP contribution in [0.15, 0.2) is 107 Å². The van der Waals surface area contributed by atoms with Crippen LogP contribution in [-0.2, 0) is 0 Å². The highest BCUT2D eigenvalue weighted by atomic mass is 79.9. The van der Waals surface area contributed by atoms with Crippen molar-refractivity contribution in [1.29, 1.82) is 0 Å². The molecule has 7 nitrogen and oxygen atoms in total. The molecule has 0 atom stereocenters. The van der Waals surface area contributed by atoms with E-state index in [1.807, 2.05) is 19.1 Å². The number of carbonyl (C=O) groups excluding carboxylic acids is 3. The van der Waals surface area contributed by atoms with E-state index >= 15 is 0 Å². The molecule has 0 aliphatic rings. The highest BCUT2D eigenvalue weighted by molar-refractivity contribution is 9.10. The Bertz CT molecular complexity index is 1450. The lowest BCUT2D eigenvalue weighted by Gasteiger charge is -2.08. The van der Waals surface area contributed by atoms with E-state index in [1.54, 1.807) is 84.9 Å². The molecular weight excluding hydrogens is 534 g/mol. The molecule has 0 unspecified atom stereocenters. The molecule has 184 valence electrons. The minimum atomic E-state index is -0.489. The van der Waals surface area contributed by atoms with E-state index < -0.39 is 11.9 Å². The number of esters is 1. The van der Waals surface area contributed by atoms with Gasteiger partial charge in [-0.1, -0.05) is 45.8 Å². The van der Waals surface area contributed by atoms with E-state index in [9.17, 15) is 14.4 Å². The third kappa shape index (κ3) is 6.99. The van der Waals surface area contributed by atoms with Crippen molar-refractivity contribution in [2.75, 3.05) is 5.32 Å². The number of amides is 2. The van der Waals surface area contributed by atoms with Crippen LogP contribution in [0, 0.1) is 6.92 Å². The van der Waals surface area contributed by atoms with Crippen molar-refractivity contribution in [1.82, 2.24) is 5.43 Å². The monoisotopic (exact) mass is 555 g/mol. The molecule has 0 fully saturated rings. The average molecular weight is 556 g/mol. The summed E-state index contributed by atoms with van der Waals surface area (Å²) in [7, 11) is 0. The molecule has 0 aliphatic heterocycles. The molecule has 0 radical (unpaired) electrons. The first kappa shape index (κ1) is 25.5. The summed E-state index contributed by atoms with van der Waals surface area (Å²) < 4.78 is 6.40. The second kappa shape index (κ2) is 11.9. The van der Waals surface area contributed by atoms with Gasteiger partial charge in [-0.15, -0.1) is 0 Å². The topological polar surface area (TPSA) is 96.9 Å². The SMILES string of the molecule is Cc1ccc(C(=O)Oc2ccccc2/C=N\NC(=O)c2ccc(NC(=O)c3ccc(Br)cc3)cc2)cc1. The van der Waals surface area contributed by atoms with Gasteiger partial charge in [-0.25, -0.2) is 10.2 Å². The van der Waals surface area contributed by atoms with Crippen LogP contribution in [-0.4, -0.2) is 24.0 Å². The Hall–Kier alpha value is -4.56. The van der Waals surface area contributed by atoms with Gasteiger partial charge in [0.25, 0.3) is 11.8 Å². The first-order chi connectivity index (χ1) is 17.9. The molecule has 0 aliphatic carbocycles. The Morgan fingerprint density at radius 2 is 1.35 bits per heavy atom. The van der Waals surface area contributed by atoms with E-state index in [2.05, 4.69) is 31.8 Å². The number of nitrogens with one attached hydrogen (secondary N) is 2. The number of nitrogens with zero attached hydrogens (tertiary/aromatic N) is 1. The summed E-state index contributed by atoms with van der Waals surface area (Å²) in [4.78, 5) is 37.3. The van der Waals surface area contributed by atoms with Gasteiger partial charge in [0.2, 0.25) is 0 Å². The van der Waals surface area contributed by atoms with E-state index in [0.717, 1.165) is 10.0 Å². The number of anilines is 1. The fraction of sp³-hybridized carbons (Fsp3) is 0.0345. The second-order valence-corrected chi connectivity index (χ2v) is 8.95. The van der Waals surface area contributed by atoms with Gasteiger partial charge in [0.15, 0.2) is 0 Å². The van der Waals surface area contributed by atoms with Crippen LogP contribution in [0.25, 0.3) is 0 Å². The number of halogens is 1. The van der Waals surface area contributed by atoms with E-state index in [4.69, 9.17) is 4.74 Å². The van der Waals surface area contributed by atoms with Crippen molar-refractivity contribution >= 4 is 45.6 Å². The number of hydrogen-bond donors (Lipinski definition) is 2. The Morgan fingerprint density at radius 3 is 2.05 bits per heavy atom. The zero-order valence-corrected chi connectivity index (χ0v) is 21.4. The van der Waals surface area contributed by atoms with Crippen molar-refractivity contribution in [2.24, 2.45) is 5.10 Å². The van der Waals surface area contributed by atoms with Gasteiger partial charge in [0.1, 0.15) is 5.75 Å². The summed E-state index contributed by atoms with van der Waals surface area (Å²) in [5.41, 5.74) is 5.88. The number of para-hydroxylation sites is 1. The maximum Gasteiger partial charge on any atom is 0.343 e. The Labute approximate surface area is 222 Å². The molecule has 4 aromatic rings. The van der Waals surface area contributed by atoms with Crippen LogP contribution < -0.4 is 15.5 Å². The first-order valence-corrected chi connectivity index (χ1v) is 12.1. The predicted molar refractivity (Wildman–Crippen MR) is 146 cm³/mol. The highest BCUT2D eigenvalue weighted by Gasteiger charge is 2.11. The molecule has 0 heterocycles. The summed E-state index contributed by atoms with van der Waals surface area (Å²) in [6.07, 6.45) is 1.41. The van der Waals surface area contributed by atoms with Crippen molar-refractivity contribution in [3.8, 4) is 5.75 Å². The largest absolute Gasteiger partial charge is 0.422 e. The van der Waals surface area contributed by atoms with Crippen LogP contribution in [0.3, 0.4) is 0 Å². The Balaban J connectivity index is 1.35. The van der Waals surface area contributed by atoms with Crippen LogP contribution in [0.1, 0.15) is 42.2 Å². The van der Waals surface area contributed by atoms with Crippen LogP contribution in [0.4, 0.5) is 5.69 Å². The second-order valence-electron chi connectivity index (χ2n) is 8.03. The number of carbonyl (C=O) groups is 3. The van der Waals surface area contributed by atoms with Gasteiger partial charge in [-0.3, -0.25) is 9.59 Å². The summed E-state index contributed by atoms with van der Waals surface area (Å²) in [5.74, 6) is -0.860. The number of hydrogen-bond acceptors (Lipinski definition) is 5. The van der Waals surface area contributed by atoms with Crippen LogP contribution in [0.5, 0.6) is 5.75 Å². The first-order valence-electron chi connectivity index (χ1n) is 11.3. The quantitative estimate of drug-likeness (QED) is 0.126. The molecule has 37 heavy (non-hydrogen) atoms. The Morgan fingerprint density at radius 1 is 0.757 bits per heavy atom. The average Bonchev–Trinajstić information content (AvgIpc) is 2.90. The molecular formula is C29H22BrN3O4. The zero-order valence-electron chi connectivity index (χ0n) is 19.8. The summed E-state index contributed by atoms with van der Waals surface area (Å²) >= 11 is 3.34. The summed E-state index contributed by atoms with van der Waals surface area (Å²) in [6, 6.07) is 27.4. The van der Waals surface area contributed by atoms with Gasteiger partial charge >= 0.3 is 5.97 Å². The summed E-state index contributed by atoms with van der Waals surface area (Å²) in [6.45, 7) is 1.94. The molecule has 0 bridgehead atoms. The van der Waals surface area contributed by atoms with E-state index in [0.29, 0.717) is 33.7 Å². The van der Waals surface area contributed by atoms with Crippen molar-refractivity contribution in [3.05, 3.63) is 129 Å². The molecule has 0 saturated carbocycles. The van der Waals surface area contributed by atoms with Gasteiger partial charge in [-0.2, -0.15) is 5.10 Å². The van der Waals surface area contributed by atoms with E-state index in [-0.39, 0.29) is 5.91 Å². The lowest BCUT2D eigenvalue weighted by molar-refractivity contribution is 0.0734. The lowest BCUT2D eigenvalue weighted by Crippen LogP contribution is -2.18. The molecule has 2 N–H and O–H groups in total. The fourth-order valence-corrected chi connectivity index (χ4v) is 3.53. The fourth-order valence-electron chi connectivity index (χ4n) is 3.26. The van der Waals surface area contributed by atoms with Crippen LogP contribution >= 0.6 is 15.9 Å². The van der Waals surface area contributed by atoms with Crippen molar-refractivity contribution in [2.45, 2.75) is 6.92 Å². The number of aryl methyl sites for hydroxylation is 1.